The van der Waals surface area contributed by atoms with Gasteiger partial charge in [0.25, 0.3) is 5.91 Å². The molecule has 2 aromatic rings. The van der Waals surface area contributed by atoms with Crippen molar-refractivity contribution in [2.45, 2.75) is 6.92 Å². The van der Waals surface area contributed by atoms with Gasteiger partial charge in [-0.1, -0.05) is 17.7 Å². The number of aryl methyl sites for hydroxylation is 1. The number of amides is 1. The fraction of sp³-hybridized carbons (Fsp3) is 0.133. The summed E-state index contributed by atoms with van der Waals surface area (Å²) < 4.78 is 5.44. The second-order valence-corrected chi connectivity index (χ2v) is 4.38. The van der Waals surface area contributed by atoms with Gasteiger partial charge in [0.15, 0.2) is 5.84 Å². The first-order valence-corrected chi connectivity index (χ1v) is 6.37. The number of aromatic nitrogens is 1. The zero-order valence-electron chi connectivity index (χ0n) is 11.6. The number of carbonyl (C=O) groups is 1. The molecule has 1 heterocycles. The van der Waals surface area contributed by atoms with Gasteiger partial charge in [0.1, 0.15) is 12.4 Å². The number of carbonyl (C=O) groups excluding carboxylic acids is 1. The van der Waals surface area contributed by atoms with Gasteiger partial charge in [-0.25, -0.2) is 5.43 Å². The molecule has 0 saturated heterocycles. The summed E-state index contributed by atoms with van der Waals surface area (Å²) in [6.07, 6.45) is 3.06. The maximum Gasteiger partial charge on any atom is 0.271 e. The molecule has 1 amide bonds. The molecule has 6 nitrogen and oxygen atoms in total. The monoisotopic (exact) mass is 284 g/mol. The summed E-state index contributed by atoms with van der Waals surface area (Å²) in [5, 5.41) is 3.78. The summed E-state index contributed by atoms with van der Waals surface area (Å²) in [6, 6.07) is 10.7. The van der Waals surface area contributed by atoms with Crippen molar-refractivity contribution in [1.82, 2.24) is 10.4 Å². The average Bonchev–Trinajstić information content (AvgIpc) is 2.53. The Hall–Kier alpha value is -2.89. The first-order chi connectivity index (χ1) is 10.1. The number of nitrogens with one attached hydrogen (secondary N) is 1. The smallest absolute Gasteiger partial charge is 0.271 e. The Bertz CT molecular complexity index is 624. The van der Waals surface area contributed by atoms with Crippen molar-refractivity contribution in [3.8, 4) is 5.75 Å². The lowest BCUT2D eigenvalue weighted by atomic mass is 10.2. The van der Waals surface area contributed by atoms with E-state index in [2.05, 4.69) is 15.5 Å². The molecule has 3 N–H and O–H groups in total. The van der Waals surface area contributed by atoms with Gasteiger partial charge in [0.05, 0.1) is 0 Å². The van der Waals surface area contributed by atoms with Crippen molar-refractivity contribution in [2.75, 3.05) is 6.61 Å². The van der Waals surface area contributed by atoms with E-state index < -0.39 is 0 Å². The quantitative estimate of drug-likeness (QED) is 0.494. The van der Waals surface area contributed by atoms with Crippen LogP contribution in [0.25, 0.3) is 0 Å². The molecule has 0 bridgehead atoms. The van der Waals surface area contributed by atoms with E-state index in [1.54, 1.807) is 12.1 Å². The third kappa shape index (κ3) is 4.61. The van der Waals surface area contributed by atoms with Crippen molar-refractivity contribution in [3.05, 3.63) is 59.9 Å². The Kier molecular flexibility index (Phi) is 4.87. The Balaban J connectivity index is 1.84. The van der Waals surface area contributed by atoms with Crippen LogP contribution < -0.4 is 15.9 Å². The van der Waals surface area contributed by atoms with Gasteiger partial charge in [0.2, 0.25) is 0 Å². The van der Waals surface area contributed by atoms with Crippen LogP contribution >= 0.6 is 0 Å². The van der Waals surface area contributed by atoms with Gasteiger partial charge in [-0.05, 0) is 31.2 Å². The number of hydrazone groups is 1. The van der Waals surface area contributed by atoms with E-state index in [0.717, 1.165) is 5.56 Å². The molecule has 0 spiro atoms. The van der Waals surface area contributed by atoms with E-state index in [9.17, 15) is 4.79 Å². The zero-order valence-corrected chi connectivity index (χ0v) is 11.6. The number of amidine groups is 1. The fourth-order valence-corrected chi connectivity index (χ4v) is 1.51. The lowest BCUT2D eigenvalue weighted by Gasteiger charge is -2.06. The fourth-order valence-electron chi connectivity index (χ4n) is 1.51. The molecule has 1 aromatic heterocycles. The molecule has 0 saturated carbocycles. The van der Waals surface area contributed by atoms with Crippen molar-refractivity contribution in [2.24, 2.45) is 10.8 Å². The molecule has 0 unspecified atom stereocenters. The SMILES string of the molecule is Cc1ccc(OC/C(N)=N\NC(=O)c2ccncc2)cc1. The van der Waals surface area contributed by atoms with Crippen LogP contribution in [0, 0.1) is 6.92 Å². The summed E-state index contributed by atoms with van der Waals surface area (Å²) in [5.41, 5.74) is 9.64. The lowest BCUT2D eigenvalue weighted by Crippen LogP contribution is -2.27. The minimum absolute atomic E-state index is 0.0969. The first kappa shape index (κ1) is 14.5. The number of rotatable bonds is 5. The number of nitrogens with two attached hydrogens (primary N) is 1. The molecule has 2 rings (SSSR count). The molecular weight excluding hydrogens is 268 g/mol. The van der Waals surface area contributed by atoms with E-state index in [0.29, 0.717) is 11.3 Å². The molecule has 0 aliphatic rings. The van der Waals surface area contributed by atoms with E-state index in [4.69, 9.17) is 10.5 Å². The van der Waals surface area contributed by atoms with Crippen molar-refractivity contribution in [3.63, 3.8) is 0 Å². The predicted molar refractivity (Wildman–Crippen MR) is 80.0 cm³/mol. The highest BCUT2D eigenvalue weighted by atomic mass is 16.5. The van der Waals surface area contributed by atoms with Crippen molar-refractivity contribution < 1.29 is 9.53 Å². The normalized spacial score (nSPS) is 11.0. The Morgan fingerprint density at radius 3 is 2.57 bits per heavy atom. The lowest BCUT2D eigenvalue weighted by molar-refractivity contribution is 0.0954. The number of hydrogen-bond donors (Lipinski definition) is 2. The number of pyridine rings is 1. The highest BCUT2D eigenvalue weighted by Gasteiger charge is 2.03. The van der Waals surface area contributed by atoms with Gasteiger partial charge in [-0.2, -0.15) is 5.10 Å². The highest BCUT2D eigenvalue weighted by molar-refractivity contribution is 5.95. The minimum Gasteiger partial charge on any atom is -0.486 e. The molecule has 108 valence electrons. The molecule has 1 aromatic carbocycles. The summed E-state index contributed by atoms with van der Waals surface area (Å²) in [4.78, 5) is 15.6. The second kappa shape index (κ2) is 7.04. The Morgan fingerprint density at radius 2 is 1.90 bits per heavy atom. The first-order valence-electron chi connectivity index (χ1n) is 6.37. The second-order valence-electron chi connectivity index (χ2n) is 4.38. The van der Waals surface area contributed by atoms with Gasteiger partial charge >= 0.3 is 0 Å². The van der Waals surface area contributed by atoms with Gasteiger partial charge in [-0.15, -0.1) is 0 Å². The molecule has 0 fully saturated rings. The Labute approximate surface area is 122 Å². The highest BCUT2D eigenvalue weighted by Crippen LogP contribution is 2.10. The third-order valence-electron chi connectivity index (χ3n) is 2.65. The summed E-state index contributed by atoms with van der Waals surface area (Å²) >= 11 is 0. The number of nitrogens with zero attached hydrogens (tertiary/aromatic N) is 2. The molecule has 6 heteroatoms. The maximum atomic E-state index is 11.7. The summed E-state index contributed by atoms with van der Waals surface area (Å²) in [5.74, 6) is 0.521. The summed E-state index contributed by atoms with van der Waals surface area (Å²) in [7, 11) is 0. The molecular formula is C15H16N4O2. The Morgan fingerprint density at radius 1 is 1.24 bits per heavy atom. The van der Waals surface area contributed by atoms with Gasteiger partial charge in [0, 0.05) is 18.0 Å². The zero-order chi connectivity index (χ0) is 15.1. The summed E-state index contributed by atoms with van der Waals surface area (Å²) in [6.45, 7) is 2.09. The van der Waals surface area contributed by atoms with E-state index in [1.165, 1.54) is 12.4 Å². The van der Waals surface area contributed by atoms with Crippen LogP contribution in [-0.2, 0) is 0 Å². The molecule has 0 aliphatic heterocycles. The van der Waals surface area contributed by atoms with Crippen LogP contribution in [0.4, 0.5) is 0 Å². The number of benzene rings is 1. The topological polar surface area (TPSA) is 89.6 Å². The standard InChI is InChI=1S/C15H16N4O2/c1-11-2-4-13(5-3-11)21-10-14(16)18-19-15(20)12-6-8-17-9-7-12/h2-9H,10H2,1H3,(H2,16,18)(H,19,20). The number of ether oxygens (including phenoxy) is 1. The van der Waals surface area contributed by atoms with Crippen LogP contribution in [-0.4, -0.2) is 23.3 Å². The van der Waals surface area contributed by atoms with Crippen molar-refractivity contribution >= 4 is 11.7 Å². The van der Waals surface area contributed by atoms with Crippen molar-refractivity contribution in [1.29, 1.82) is 0 Å². The largest absolute Gasteiger partial charge is 0.486 e. The molecule has 0 atom stereocenters. The van der Waals surface area contributed by atoms with Crippen LogP contribution in [0.3, 0.4) is 0 Å². The maximum absolute atomic E-state index is 11.7. The average molecular weight is 284 g/mol. The van der Waals surface area contributed by atoms with E-state index in [-0.39, 0.29) is 18.3 Å². The molecule has 0 radical (unpaired) electrons. The third-order valence-corrected chi connectivity index (χ3v) is 2.65. The van der Waals surface area contributed by atoms with Crippen LogP contribution in [0.15, 0.2) is 53.9 Å². The number of hydrogen-bond acceptors (Lipinski definition) is 4. The van der Waals surface area contributed by atoms with Crippen LogP contribution in [0.5, 0.6) is 5.75 Å². The van der Waals surface area contributed by atoms with Gasteiger partial charge in [-0.3, -0.25) is 9.78 Å². The minimum atomic E-state index is -0.351. The van der Waals surface area contributed by atoms with E-state index in [1.807, 2.05) is 31.2 Å². The molecule has 0 aliphatic carbocycles. The predicted octanol–water partition coefficient (Wildman–Crippen LogP) is 1.47. The van der Waals surface area contributed by atoms with E-state index >= 15 is 0 Å². The van der Waals surface area contributed by atoms with Crippen LogP contribution in [0.1, 0.15) is 15.9 Å². The van der Waals surface area contributed by atoms with Crippen LogP contribution in [0.2, 0.25) is 0 Å². The van der Waals surface area contributed by atoms with Gasteiger partial charge < -0.3 is 10.5 Å². The molecule has 21 heavy (non-hydrogen) atoms.